The zero-order valence-corrected chi connectivity index (χ0v) is 15.1. The van der Waals surface area contributed by atoms with Crippen molar-refractivity contribution in [2.24, 2.45) is 4.99 Å². The predicted molar refractivity (Wildman–Crippen MR) is 114 cm³/mol. The summed E-state index contributed by atoms with van der Waals surface area (Å²) in [6, 6.07) is 25.6. The van der Waals surface area contributed by atoms with Crippen LogP contribution in [0, 0.1) is 0 Å². The van der Waals surface area contributed by atoms with Gasteiger partial charge in [-0.25, -0.2) is 0 Å². The lowest BCUT2D eigenvalue weighted by molar-refractivity contribution is 0.818. The van der Waals surface area contributed by atoms with E-state index in [1.165, 1.54) is 27.5 Å². The van der Waals surface area contributed by atoms with Crippen molar-refractivity contribution >= 4 is 33.5 Å². The van der Waals surface area contributed by atoms with Gasteiger partial charge in [-0.15, -0.1) is 0 Å². The summed E-state index contributed by atoms with van der Waals surface area (Å²) in [6.07, 6.45) is 6.34. The van der Waals surface area contributed by atoms with Gasteiger partial charge >= 0.3 is 0 Å². The van der Waals surface area contributed by atoms with Crippen LogP contribution in [0.15, 0.2) is 89.6 Å². The summed E-state index contributed by atoms with van der Waals surface area (Å²) in [5.74, 6) is 0. The van der Waals surface area contributed by atoms with Gasteiger partial charge in [-0.1, -0.05) is 54.6 Å². The maximum atomic E-state index is 4.89. The number of hydrogen-bond acceptors (Lipinski definition) is 2. The fraction of sp³-hybridized carbons (Fsp3) is 0.120. The minimum absolute atomic E-state index is 0.896. The van der Waals surface area contributed by atoms with E-state index < -0.39 is 0 Å². The molecule has 130 valence electrons. The highest BCUT2D eigenvalue weighted by Crippen LogP contribution is 2.27. The van der Waals surface area contributed by atoms with Crippen LogP contribution in [0.5, 0.6) is 0 Å². The van der Waals surface area contributed by atoms with Crippen LogP contribution >= 0.6 is 0 Å². The summed E-state index contributed by atoms with van der Waals surface area (Å²) in [7, 11) is 0. The van der Waals surface area contributed by atoms with Gasteiger partial charge in [0.15, 0.2) is 0 Å². The topological polar surface area (TPSA) is 25.2 Å². The zero-order chi connectivity index (χ0) is 18.1. The molecule has 0 fully saturated rings. The van der Waals surface area contributed by atoms with Gasteiger partial charge in [0.2, 0.25) is 0 Å². The SMILES string of the molecule is C(=C1/CCCN=C1c1ccc2ncccc2c1)/c1cccc2ccccc12. The molecule has 3 aromatic carbocycles. The molecule has 1 aliphatic heterocycles. The monoisotopic (exact) mass is 348 g/mol. The van der Waals surface area contributed by atoms with E-state index in [9.17, 15) is 0 Å². The average molecular weight is 348 g/mol. The van der Waals surface area contributed by atoms with E-state index in [1.807, 2.05) is 12.3 Å². The second-order valence-corrected chi connectivity index (χ2v) is 6.98. The molecule has 1 aromatic heterocycles. The van der Waals surface area contributed by atoms with E-state index in [1.54, 1.807) is 0 Å². The first kappa shape index (κ1) is 16.0. The summed E-state index contributed by atoms with van der Waals surface area (Å²) >= 11 is 0. The number of fused-ring (bicyclic) bond motifs is 2. The maximum absolute atomic E-state index is 4.89. The van der Waals surface area contributed by atoms with Crippen molar-refractivity contribution < 1.29 is 0 Å². The third kappa shape index (κ3) is 3.04. The molecule has 2 nitrogen and oxygen atoms in total. The van der Waals surface area contributed by atoms with Gasteiger partial charge in [0, 0.05) is 23.7 Å². The normalized spacial score (nSPS) is 16.0. The molecule has 0 bridgehead atoms. The van der Waals surface area contributed by atoms with E-state index in [0.717, 1.165) is 36.0 Å². The summed E-state index contributed by atoms with van der Waals surface area (Å²) < 4.78 is 0. The van der Waals surface area contributed by atoms with E-state index >= 15 is 0 Å². The highest BCUT2D eigenvalue weighted by atomic mass is 14.8. The first-order valence-corrected chi connectivity index (χ1v) is 9.47. The molecule has 27 heavy (non-hydrogen) atoms. The first-order chi connectivity index (χ1) is 13.4. The van der Waals surface area contributed by atoms with Gasteiger partial charge in [0.05, 0.1) is 11.2 Å². The lowest BCUT2D eigenvalue weighted by atomic mass is 9.92. The Morgan fingerprint density at radius 2 is 1.70 bits per heavy atom. The molecule has 0 amide bonds. The number of allylic oxidation sites excluding steroid dienone is 1. The number of rotatable bonds is 2. The van der Waals surface area contributed by atoms with Crippen molar-refractivity contribution in [1.29, 1.82) is 0 Å². The van der Waals surface area contributed by atoms with Crippen LogP contribution in [0.25, 0.3) is 27.8 Å². The smallest absolute Gasteiger partial charge is 0.0702 e. The highest BCUT2D eigenvalue weighted by molar-refractivity contribution is 6.17. The molecule has 0 saturated heterocycles. The molecule has 5 rings (SSSR count). The fourth-order valence-corrected chi connectivity index (χ4v) is 3.88. The number of benzene rings is 3. The van der Waals surface area contributed by atoms with Crippen LogP contribution in [-0.2, 0) is 0 Å². The van der Waals surface area contributed by atoms with Crippen LogP contribution in [-0.4, -0.2) is 17.2 Å². The average Bonchev–Trinajstić information content (AvgIpc) is 2.74. The van der Waals surface area contributed by atoms with E-state index in [4.69, 9.17) is 4.99 Å². The number of aliphatic imine (C=N–C) groups is 1. The maximum Gasteiger partial charge on any atom is 0.0702 e. The summed E-state index contributed by atoms with van der Waals surface area (Å²) in [4.78, 5) is 9.33. The van der Waals surface area contributed by atoms with Crippen LogP contribution < -0.4 is 0 Å². The zero-order valence-electron chi connectivity index (χ0n) is 15.1. The number of hydrogen-bond donors (Lipinski definition) is 0. The lowest BCUT2D eigenvalue weighted by Gasteiger charge is -2.17. The second-order valence-electron chi connectivity index (χ2n) is 6.98. The van der Waals surface area contributed by atoms with Crippen molar-refractivity contribution in [3.63, 3.8) is 0 Å². The minimum atomic E-state index is 0.896. The Morgan fingerprint density at radius 1 is 0.815 bits per heavy atom. The van der Waals surface area contributed by atoms with Gasteiger partial charge in [0.1, 0.15) is 0 Å². The molecule has 0 unspecified atom stereocenters. The molecule has 0 spiro atoms. The Kier molecular flexibility index (Phi) is 4.02. The van der Waals surface area contributed by atoms with Crippen molar-refractivity contribution in [2.45, 2.75) is 12.8 Å². The first-order valence-electron chi connectivity index (χ1n) is 9.47. The third-order valence-corrected chi connectivity index (χ3v) is 5.21. The Balaban J connectivity index is 1.62. The third-order valence-electron chi connectivity index (χ3n) is 5.21. The Labute approximate surface area is 158 Å². The van der Waals surface area contributed by atoms with Gasteiger partial charge < -0.3 is 0 Å². The van der Waals surface area contributed by atoms with Crippen molar-refractivity contribution in [1.82, 2.24) is 4.98 Å². The van der Waals surface area contributed by atoms with Crippen LogP contribution in [0.2, 0.25) is 0 Å². The molecule has 0 N–H and O–H groups in total. The van der Waals surface area contributed by atoms with Crippen molar-refractivity contribution in [2.75, 3.05) is 6.54 Å². The quantitative estimate of drug-likeness (QED) is 0.432. The summed E-state index contributed by atoms with van der Waals surface area (Å²) in [5.41, 5.74) is 5.92. The fourth-order valence-electron chi connectivity index (χ4n) is 3.88. The molecule has 0 radical (unpaired) electrons. The number of nitrogens with zero attached hydrogens (tertiary/aromatic N) is 2. The number of pyridine rings is 1. The Morgan fingerprint density at radius 3 is 2.70 bits per heavy atom. The van der Waals surface area contributed by atoms with Gasteiger partial charge in [-0.3, -0.25) is 9.98 Å². The highest BCUT2D eigenvalue weighted by Gasteiger charge is 2.15. The molecular formula is C25H20N2. The van der Waals surface area contributed by atoms with Gasteiger partial charge in [-0.2, -0.15) is 0 Å². The number of aromatic nitrogens is 1. The Hall–Kier alpha value is -3.26. The van der Waals surface area contributed by atoms with E-state index in [-0.39, 0.29) is 0 Å². The summed E-state index contributed by atoms with van der Waals surface area (Å²) in [6.45, 7) is 0.896. The van der Waals surface area contributed by atoms with Crippen molar-refractivity contribution in [3.05, 3.63) is 95.7 Å². The van der Waals surface area contributed by atoms with Crippen LogP contribution in [0.4, 0.5) is 0 Å². The lowest BCUT2D eigenvalue weighted by Crippen LogP contribution is -2.11. The van der Waals surface area contributed by atoms with Gasteiger partial charge in [-0.05, 0) is 59.0 Å². The van der Waals surface area contributed by atoms with Crippen molar-refractivity contribution in [3.8, 4) is 0 Å². The second kappa shape index (κ2) is 6.81. The van der Waals surface area contributed by atoms with E-state index in [0.29, 0.717) is 0 Å². The molecule has 2 heterocycles. The van der Waals surface area contributed by atoms with E-state index in [2.05, 4.69) is 77.8 Å². The van der Waals surface area contributed by atoms with Crippen LogP contribution in [0.3, 0.4) is 0 Å². The molecule has 1 aliphatic rings. The molecule has 2 heteroatoms. The van der Waals surface area contributed by atoms with Gasteiger partial charge in [0.25, 0.3) is 0 Å². The largest absolute Gasteiger partial charge is 0.284 e. The predicted octanol–water partition coefficient (Wildman–Crippen LogP) is 6.05. The summed E-state index contributed by atoms with van der Waals surface area (Å²) in [5, 5.41) is 3.73. The molecule has 4 aromatic rings. The molecule has 0 saturated carbocycles. The Bertz CT molecular complexity index is 1200. The minimum Gasteiger partial charge on any atom is -0.284 e. The molecular weight excluding hydrogens is 328 g/mol. The van der Waals surface area contributed by atoms with Crippen LogP contribution in [0.1, 0.15) is 24.0 Å². The molecule has 0 atom stereocenters. The molecule has 0 aliphatic carbocycles. The standard InChI is InChI=1S/C25H20N2/c1-2-11-23-18(6-1)7-3-8-19(23)16-21-10-5-15-27-25(21)22-12-13-24-20(17-22)9-4-14-26-24/h1-4,6-9,11-14,16-17H,5,10,15H2/b21-16+.